The molecule has 7 heteroatoms. The number of rotatable bonds is 3. The van der Waals surface area contributed by atoms with Crippen molar-refractivity contribution in [3.8, 4) is 5.75 Å². The van der Waals surface area contributed by atoms with Gasteiger partial charge >= 0.3 is 6.18 Å². The number of alkyl halides is 3. The first-order chi connectivity index (χ1) is 8.83. The van der Waals surface area contributed by atoms with Gasteiger partial charge < -0.3 is 14.3 Å². The van der Waals surface area contributed by atoms with Crippen molar-refractivity contribution in [3.05, 3.63) is 23.0 Å². The Bertz CT molecular complexity index is 644. The molecule has 0 aliphatic rings. The third kappa shape index (κ3) is 2.75. The molecule has 0 saturated heterocycles. The largest absolute Gasteiger partial charge is 0.494 e. The number of H-pyrrole nitrogens is 1. The number of aromatic amines is 1. The molecule has 2 rings (SSSR count). The number of hydrogen-bond donors (Lipinski definition) is 1. The molecule has 1 N–H and O–H groups in total. The zero-order chi connectivity index (χ0) is 14.2. The fraction of sp³-hybridized carbons (Fsp3) is 0.417. The lowest BCUT2D eigenvalue weighted by molar-refractivity contribution is -0.141. The summed E-state index contributed by atoms with van der Waals surface area (Å²) in [5, 5.41) is 0. The maximum absolute atomic E-state index is 12.5. The Morgan fingerprint density at radius 2 is 2.11 bits per heavy atom. The maximum atomic E-state index is 12.5. The molecule has 1 unspecified atom stereocenters. The normalized spacial score (nSPS) is 13.7. The van der Waals surface area contributed by atoms with Gasteiger partial charge in [-0.2, -0.15) is 13.2 Å². The molecule has 0 amide bonds. The number of benzene rings is 1. The van der Waals surface area contributed by atoms with Gasteiger partial charge in [-0.05, 0) is 31.3 Å². The molecule has 1 aromatic heterocycles. The molecule has 2 aromatic rings. The lowest BCUT2D eigenvalue weighted by atomic mass is 10.2. The summed E-state index contributed by atoms with van der Waals surface area (Å²) in [6.07, 6.45) is -5.15. The zero-order valence-electron chi connectivity index (χ0n) is 10.4. The highest BCUT2D eigenvalue weighted by Gasteiger charge is 2.31. The molecule has 104 valence electrons. The van der Waals surface area contributed by atoms with E-state index >= 15 is 0 Å². The van der Waals surface area contributed by atoms with E-state index in [2.05, 4.69) is 4.98 Å². The highest BCUT2D eigenvalue weighted by Crippen LogP contribution is 2.32. The summed E-state index contributed by atoms with van der Waals surface area (Å²) in [7, 11) is 1.50. The van der Waals surface area contributed by atoms with Crippen LogP contribution in [-0.2, 0) is 0 Å². The van der Waals surface area contributed by atoms with Gasteiger partial charge in [-0.15, -0.1) is 0 Å². The zero-order valence-corrected chi connectivity index (χ0v) is 11.2. The number of halogens is 3. The Kier molecular flexibility index (Phi) is 3.58. The Hall–Kier alpha value is -1.50. The van der Waals surface area contributed by atoms with Crippen molar-refractivity contribution in [1.29, 1.82) is 0 Å². The molecule has 0 saturated carbocycles. The molecular weight excluding hydrogens is 277 g/mol. The SMILES string of the molecule is COc1cccc2c1[nH]c(=S)n2C(C)CC(F)(F)F. The van der Waals surface area contributed by atoms with Gasteiger partial charge in [0.05, 0.1) is 19.0 Å². The van der Waals surface area contributed by atoms with Crippen LogP contribution in [0.1, 0.15) is 19.4 Å². The number of aromatic nitrogens is 2. The van der Waals surface area contributed by atoms with E-state index in [4.69, 9.17) is 17.0 Å². The van der Waals surface area contributed by atoms with Crippen molar-refractivity contribution in [3.63, 3.8) is 0 Å². The molecule has 19 heavy (non-hydrogen) atoms. The first-order valence-corrected chi connectivity index (χ1v) is 6.08. The molecule has 1 atom stereocenters. The highest BCUT2D eigenvalue weighted by atomic mass is 32.1. The predicted molar refractivity (Wildman–Crippen MR) is 69.1 cm³/mol. The Labute approximate surface area is 113 Å². The Morgan fingerprint density at radius 3 is 2.68 bits per heavy atom. The van der Waals surface area contributed by atoms with Crippen LogP contribution in [0.25, 0.3) is 11.0 Å². The van der Waals surface area contributed by atoms with Crippen molar-refractivity contribution >= 4 is 23.3 Å². The van der Waals surface area contributed by atoms with Crippen LogP contribution >= 0.6 is 12.2 Å². The van der Waals surface area contributed by atoms with Crippen LogP contribution in [0, 0.1) is 4.77 Å². The van der Waals surface area contributed by atoms with Crippen LogP contribution in [0.4, 0.5) is 13.2 Å². The minimum Gasteiger partial charge on any atom is -0.494 e. The van der Waals surface area contributed by atoms with Crippen molar-refractivity contribution in [1.82, 2.24) is 9.55 Å². The molecule has 0 fully saturated rings. The van der Waals surface area contributed by atoms with Crippen LogP contribution in [0.5, 0.6) is 5.75 Å². The molecular formula is C12H13F3N2OS. The van der Waals surface area contributed by atoms with E-state index in [9.17, 15) is 13.2 Å². The van der Waals surface area contributed by atoms with E-state index in [0.29, 0.717) is 16.8 Å². The second-order valence-corrected chi connectivity index (χ2v) is 4.71. The molecule has 0 radical (unpaired) electrons. The van der Waals surface area contributed by atoms with Gasteiger partial charge in [0.15, 0.2) is 4.77 Å². The smallest absolute Gasteiger partial charge is 0.391 e. The van der Waals surface area contributed by atoms with Crippen LogP contribution in [0.15, 0.2) is 18.2 Å². The summed E-state index contributed by atoms with van der Waals surface area (Å²) < 4.78 is 44.4. The fourth-order valence-corrected chi connectivity index (χ4v) is 2.54. The van der Waals surface area contributed by atoms with Crippen molar-refractivity contribution in [2.75, 3.05) is 7.11 Å². The summed E-state index contributed by atoms with van der Waals surface area (Å²) in [5.41, 5.74) is 1.23. The Balaban J connectivity index is 2.55. The second-order valence-electron chi connectivity index (χ2n) is 4.32. The number of nitrogens with zero attached hydrogens (tertiary/aromatic N) is 1. The summed E-state index contributed by atoms with van der Waals surface area (Å²) in [4.78, 5) is 2.90. The van der Waals surface area contributed by atoms with Gasteiger partial charge in [0, 0.05) is 6.04 Å². The Morgan fingerprint density at radius 1 is 1.42 bits per heavy atom. The van der Waals surface area contributed by atoms with E-state index in [1.165, 1.54) is 18.6 Å². The first-order valence-electron chi connectivity index (χ1n) is 5.67. The third-order valence-electron chi connectivity index (χ3n) is 2.90. The third-order valence-corrected chi connectivity index (χ3v) is 3.20. The predicted octanol–water partition coefficient (Wildman–Crippen LogP) is 4.22. The summed E-state index contributed by atoms with van der Waals surface area (Å²) >= 11 is 5.11. The number of nitrogens with one attached hydrogen (secondary N) is 1. The average molecular weight is 290 g/mol. The number of fused-ring (bicyclic) bond motifs is 1. The molecule has 0 bridgehead atoms. The molecule has 0 spiro atoms. The summed E-state index contributed by atoms with van der Waals surface area (Å²) in [6, 6.07) is 4.40. The molecule has 3 nitrogen and oxygen atoms in total. The molecule has 1 heterocycles. The minimum absolute atomic E-state index is 0.260. The van der Waals surface area contributed by atoms with E-state index in [0.717, 1.165) is 0 Å². The molecule has 0 aliphatic carbocycles. The topological polar surface area (TPSA) is 29.9 Å². The van der Waals surface area contributed by atoms with Crippen molar-refractivity contribution < 1.29 is 17.9 Å². The summed E-state index contributed by atoms with van der Waals surface area (Å²) in [5.74, 6) is 0.557. The second kappa shape index (κ2) is 4.88. The van der Waals surface area contributed by atoms with Crippen molar-refractivity contribution in [2.24, 2.45) is 0 Å². The number of imidazole rings is 1. The quantitative estimate of drug-likeness (QED) is 0.858. The molecule has 0 aliphatic heterocycles. The van der Waals surface area contributed by atoms with Gasteiger partial charge in [0.25, 0.3) is 0 Å². The fourth-order valence-electron chi connectivity index (χ4n) is 2.16. The van der Waals surface area contributed by atoms with E-state index in [1.54, 1.807) is 18.2 Å². The van der Waals surface area contributed by atoms with Crippen LogP contribution in [0.3, 0.4) is 0 Å². The van der Waals surface area contributed by atoms with Gasteiger partial charge in [-0.3, -0.25) is 0 Å². The summed E-state index contributed by atoms with van der Waals surface area (Å²) in [6.45, 7) is 1.50. The number of ether oxygens (including phenoxy) is 1. The van der Waals surface area contributed by atoms with Crippen LogP contribution in [-0.4, -0.2) is 22.8 Å². The highest BCUT2D eigenvalue weighted by molar-refractivity contribution is 7.71. The lowest BCUT2D eigenvalue weighted by Gasteiger charge is -2.16. The number of hydrogen-bond acceptors (Lipinski definition) is 2. The van der Waals surface area contributed by atoms with Gasteiger partial charge in [0.2, 0.25) is 0 Å². The van der Waals surface area contributed by atoms with Crippen molar-refractivity contribution in [2.45, 2.75) is 25.6 Å². The number of para-hydroxylation sites is 1. The van der Waals surface area contributed by atoms with Crippen LogP contribution in [0.2, 0.25) is 0 Å². The standard InChI is InChI=1S/C12H13F3N2OS/c1-7(6-12(13,14)15)17-8-4-3-5-9(18-2)10(8)16-11(17)19/h3-5,7H,6H2,1-2H3,(H,16,19). The van der Waals surface area contributed by atoms with E-state index in [-0.39, 0.29) is 4.77 Å². The molecule has 1 aromatic carbocycles. The van der Waals surface area contributed by atoms with Gasteiger partial charge in [-0.25, -0.2) is 0 Å². The number of methoxy groups -OCH3 is 1. The lowest BCUT2D eigenvalue weighted by Crippen LogP contribution is -2.16. The maximum Gasteiger partial charge on any atom is 0.391 e. The minimum atomic E-state index is -4.23. The van der Waals surface area contributed by atoms with Crippen LogP contribution < -0.4 is 4.74 Å². The average Bonchev–Trinajstić information content (AvgIpc) is 2.62. The monoisotopic (exact) mass is 290 g/mol. The van der Waals surface area contributed by atoms with E-state index < -0.39 is 18.6 Å². The van der Waals surface area contributed by atoms with Gasteiger partial charge in [0.1, 0.15) is 11.3 Å². The van der Waals surface area contributed by atoms with Gasteiger partial charge in [-0.1, -0.05) is 6.07 Å². The first kappa shape index (κ1) is 13.9. The van der Waals surface area contributed by atoms with E-state index in [1.807, 2.05) is 0 Å².